The number of fused-ring (bicyclic) bond motifs is 1. The molecule has 0 atom stereocenters. The lowest BCUT2D eigenvalue weighted by Crippen LogP contribution is -2.42. The third kappa shape index (κ3) is 3.17. The van der Waals surface area contributed by atoms with Crippen molar-refractivity contribution in [2.75, 3.05) is 7.11 Å². The molecule has 0 aliphatic heterocycles. The van der Waals surface area contributed by atoms with Crippen LogP contribution >= 0.6 is 0 Å². The van der Waals surface area contributed by atoms with Crippen molar-refractivity contribution in [3.05, 3.63) is 58.1 Å². The molecule has 3 aromatic rings. The van der Waals surface area contributed by atoms with E-state index in [0.29, 0.717) is 28.0 Å². The van der Waals surface area contributed by atoms with E-state index in [1.807, 2.05) is 18.2 Å². The van der Waals surface area contributed by atoms with E-state index >= 15 is 0 Å². The Morgan fingerprint density at radius 3 is 2.33 bits per heavy atom. The number of aromatic amines is 1. The van der Waals surface area contributed by atoms with Crippen LogP contribution in [0, 0.1) is 20.8 Å². The number of esters is 1. The highest BCUT2D eigenvalue weighted by Gasteiger charge is 2.23. The molecule has 2 aromatic heterocycles. The third-order valence-electron chi connectivity index (χ3n) is 4.39. The first kappa shape index (κ1) is 18.2. The van der Waals surface area contributed by atoms with Crippen LogP contribution in [-0.2, 0) is 4.74 Å². The first-order valence-corrected chi connectivity index (χ1v) is 8.21. The fourth-order valence-electron chi connectivity index (χ4n) is 3.01. The summed E-state index contributed by atoms with van der Waals surface area (Å²) in [5.41, 5.74) is 7.32. The number of para-hydroxylation sites is 1. The molecule has 8 heteroatoms. The maximum absolute atomic E-state index is 12.4. The molecule has 0 fully saturated rings. The van der Waals surface area contributed by atoms with Crippen molar-refractivity contribution >= 4 is 28.8 Å². The Balaban J connectivity index is 1.76. The number of H-pyrrole nitrogens is 1. The number of aryl methyl sites for hydroxylation is 2. The number of hydrogen-bond donors (Lipinski definition) is 3. The Labute approximate surface area is 154 Å². The topological polar surface area (TPSA) is 113 Å². The van der Waals surface area contributed by atoms with Gasteiger partial charge in [-0.2, -0.15) is 0 Å². The summed E-state index contributed by atoms with van der Waals surface area (Å²) in [7, 11) is 1.27. The maximum atomic E-state index is 12.4. The van der Waals surface area contributed by atoms with Crippen LogP contribution in [-0.4, -0.2) is 29.9 Å². The number of nitrogens with one attached hydrogen (secondary N) is 3. The predicted molar refractivity (Wildman–Crippen MR) is 97.5 cm³/mol. The smallest absolute Gasteiger partial charge is 0.339 e. The summed E-state index contributed by atoms with van der Waals surface area (Å²) >= 11 is 0. The average Bonchev–Trinajstić information content (AvgIpc) is 3.16. The molecule has 0 spiro atoms. The maximum Gasteiger partial charge on any atom is 0.339 e. The molecular weight excluding hydrogens is 350 g/mol. The van der Waals surface area contributed by atoms with E-state index in [1.165, 1.54) is 7.11 Å². The lowest BCUT2D eigenvalue weighted by atomic mass is 10.1. The van der Waals surface area contributed by atoms with Gasteiger partial charge in [-0.3, -0.25) is 20.4 Å². The van der Waals surface area contributed by atoms with Gasteiger partial charge in [-0.25, -0.2) is 4.79 Å². The van der Waals surface area contributed by atoms with Crippen LogP contribution in [0.2, 0.25) is 0 Å². The second kappa shape index (κ2) is 6.99. The van der Waals surface area contributed by atoms with Gasteiger partial charge < -0.3 is 14.1 Å². The first-order chi connectivity index (χ1) is 12.8. The minimum absolute atomic E-state index is 0.117. The van der Waals surface area contributed by atoms with E-state index in [1.54, 1.807) is 26.8 Å². The second-order valence-corrected chi connectivity index (χ2v) is 6.08. The number of methoxy groups -OCH3 is 1. The summed E-state index contributed by atoms with van der Waals surface area (Å²) in [6.07, 6.45) is 0. The van der Waals surface area contributed by atoms with Gasteiger partial charge in [0.2, 0.25) is 0 Å². The van der Waals surface area contributed by atoms with E-state index in [2.05, 4.69) is 15.8 Å². The lowest BCUT2D eigenvalue weighted by Gasteiger charge is -2.06. The molecule has 1 aromatic carbocycles. The lowest BCUT2D eigenvalue weighted by molar-refractivity contribution is 0.0599. The highest BCUT2D eigenvalue weighted by atomic mass is 16.5. The number of furan rings is 1. The second-order valence-electron chi connectivity index (χ2n) is 6.08. The van der Waals surface area contributed by atoms with Crippen LogP contribution in [0.25, 0.3) is 11.0 Å². The summed E-state index contributed by atoms with van der Waals surface area (Å²) in [5.74, 6) is -1.59. The predicted octanol–water partition coefficient (Wildman–Crippen LogP) is 2.55. The van der Waals surface area contributed by atoms with Gasteiger partial charge in [0.15, 0.2) is 5.76 Å². The van der Waals surface area contributed by atoms with Crippen LogP contribution < -0.4 is 10.9 Å². The van der Waals surface area contributed by atoms with Crippen LogP contribution in [0.5, 0.6) is 0 Å². The largest absolute Gasteiger partial charge is 0.465 e. The summed E-state index contributed by atoms with van der Waals surface area (Å²) < 4.78 is 10.3. The first-order valence-electron chi connectivity index (χ1n) is 8.21. The summed E-state index contributed by atoms with van der Waals surface area (Å²) in [6.45, 7) is 5.05. The molecule has 0 bridgehead atoms. The van der Waals surface area contributed by atoms with E-state index in [9.17, 15) is 14.4 Å². The molecule has 0 unspecified atom stereocenters. The number of benzene rings is 1. The molecule has 8 nitrogen and oxygen atoms in total. The van der Waals surface area contributed by atoms with Crippen LogP contribution in [0.4, 0.5) is 0 Å². The molecule has 2 heterocycles. The fourth-order valence-corrected chi connectivity index (χ4v) is 3.01. The number of aromatic nitrogens is 1. The Morgan fingerprint density at radius 1 is 1.00 bits per heavy atom. The Hall–Kier alpha value is -3.55. The monoisotopic (exact) mass is 369 g/mol. The van der Waals surface area contributed by atoms with E-state index < -0.39 is 17.8 Å². The fraction of sp³-hybridized carbons (Fsp3) is 0.211. The third-order valence-corrected chi connectivity index (χ3v) is 4.39. The number of hydrazine groups is 1. The van der Waals surface area contributed by atoms with Crippen molar-refractivity contribution in [3.8, 4) is 0 Å². The van der Waals surface area contributed by atoms with E-state index in [4.69, 9.17) is 9.15 Å². The molecule has 0 radical (unpaired) electrons. The summed E-state index contributed by atoms with van der Waals surface area (Å²) in [6, 6.07) is 7.27. The summed E-state index contributed by atoms with van der Waals surface area (Å²) in [5, 5.41) is 0.826. The molecule has 27 heavy (non-hydrogen) atoms. The van der Waals surface area contributed by atoms with Crippen LogP contribution in [0.1, 0.15) is 48.2 Å². The van der Waals surface area contributed by atoms with Gasteiger partial charge in [-0.1, -0.05) is 18.2 Å². The molecule has 3 rings (SSSR count). The molecule has 0 saturated heterocycles. The van der Waals surface area contributed by atoms with Gasteiger partial charge in [0.1, 0.15) is 11.3 Å². The zero-order valence-corrected chi connectivity index (χ0v) is 15.4. The number of amides is 2. The molecular formula is C19H19N3O5. The highest BCUT2D eigenvalue weighted by Crippen LogP contribution is 2.24. The van der Waals surface area contributed by atoms with Crippen molar-refractivity contribution in [2.45, 2.75) is 20.8 Å². The minimum atomic E-state index is -0.590. The quantitative estimate of drug-likeness (QED) is 0.485. The molecule has 2 amide bonds. The van der Waals surface area contributed by atoms with Crippen molar-refractivity contribution < 1.29 is 23.5 Å². The van der Waals surface area contributed by atoms with Crippen molar-refractivity contribution in [1.82, 2.24) is 15.8 Å². The van der Waals surface area contributed by atoms with Crippen molar-refractivity contribution in [1.29, 1.82) is 0 Å². The molecule has 140 valence electrons. The van der Waals surface area contributed by atoms with E-state index in [0.717, 1.165) is 5.39 Å². The Morgan fingerprint density at radius 2 is 1.67 bits per heavy atom. The highest BCUT2D eigenvalue weighted by molar-refractivity contribution is 6.03. The van der Waals surface area contributed by atoms with Crippen LogP contribution in [0.3, 0.4) is 0 Å². The van der Waals surface area contributed by atoms with Crippen molar-refractivity contribution in [2.24, 2.45) is 0 Å². The minimum Gasteiger partial charge on any atom is -0.465 e. The Kier molecular flexibility index (Phi) is 4.72. The van der Waals surface area contributed by atoms with Gasteiger partial charge in [-0.05, 0) is 32.4 Å². The summed E-state index contributed by atoms with van der Waals surface area (Å²) in [4.78, 5) is 39.4. The van der Waals surface area contributed by atoms with Gasteiger partial charge in [0.05, 0.1) is 12.7 Å². The number of carbonyl (C=O) groups excluding carboxylic acids is 3. The standard InChI is InChI=1S/C19H19N3O5/c1-9-12-7-5-6-8-13(12)27-16(9)18(24)22-21-17(23)15-10(2)14(11(3)20-15)19(25)26-4/h5-8,20H,1-4H3,(H,21,23)(H,22,24). The van der Waals surface area contributed by atoms with Gasteiger partial charge in [0, 0.05) is 16.6 Å². The number of carbonyl (C=O) groups is 3. The van der Waals surface area contributed by atoms with Crippen LogP contribution in [0.15, 0.2) is 28.7 Å². The molecule has 0 aliphatic carbocycles. The van der Waals surface area contributed by atoms with E-state index in [-0.39, 0.29) is 11.5 Å². The number of ether oxygens (including phenoxy) is 1. The molecule has 0 aliphatic rings. The number of hydrogen-bond acceptors (Lipinski definition) is 5. The zero-order chi connectivity index (χ0) is 19.7. The molecule has 0 saturated carbocycles. The SMILES string of the molecule is COC(=O)c1c(C)[nH]c(C(=O)NNC(=O)c2oc3ccccc3c2C)c1C. The van der Waals surface area contributed by atoms with Gasteiger partial charge in [0.25, 0.3) is 5.91 Å². The van der Waals surface area contributed by atoms with Gasteiger partial charge >= 0.3 is 11.9 Å². The normalized spacial score (nSPS) is 10.7. The zero-order valence-electron chi connectivity index (χ0n) is 15.4. The number of rotatable bonds is 3. The van der Waals surface area contributed by atoms with Crippen molar-refractivity contribution in [3.63, 3.8) is 0 Å². The Bertz CT molecular complexity index is 1060. The molecule has 3 N–H and O–H groups in total. The van der Waals surface area contributed by atoms with Gasteiger partial charge in [-0.15, -0.1) is 0 Å². The average molecular weight is 369 g/mol.